The molecule has 0 bridgehead atoms. The van der Waals surface area contributed by atoms with E-state index in [0.717, 1.165) is 5.56 Å². The van der Waals surface area contributed by atoms with Crippen molar-refractivity contribution in [3.63, 3.8) is 0 Å². The lowest BCUT2D eigenvalue weighted by Gasteiger charge is -2.22. The normalized spacial score (nSPS) is 10.5. The minimum atomic E-state index is -0.573. The van der Waals surface area contributed by atoms with E-state index >= 15 is 0 Å². The fourth-order valence-corrected chi connectivity index (χ4v) is 2.72. The van der Waals surface area contributed by atoms with Crippen molar-refractivity contribution in [3.05, 3.63) is 56.4 Å². The first-order chi connectivity index (χ1) is 12.7. The lowest BCUT2D eigenvalue weighted by Crippen LogP contribution is -2.38. The van der Waals surface area contributed by atoms with Crippen molar-refractivity contribution in [1.29, 1.82) is 0 Å². The van der Waals surface area contributed by atoms with E-state index in [9.17, 15) is 19.7 Å². The molecule has 0 atom stereocenters. The first-order valence-electron chi connectivity index (χ1n) is 8.00. The molecule has 0 radical (unpaired) electrons. The Hall–Kier alpha value is -2.94. The molecule has 0 aliphatic rings. The molecule has 144 valence electrons. The number of nitro groups is 1. The molecule has 0 N–H and O–H groups in total. The lowest BCUT2D eigenvalue weighted by molar-refractivity contribution is -0.386. The van der Waals surface area contributed by atoms with Crippen LogP contribution in [0, 0.1) is 24.0 Å². The van der Waals surface area contributed by atoms with Crippen molar-refractivity contribution in [1.82, 2.24) is 14.7 Å². The van der Waals surface area contributed by atoms with E-state index in [1.807, 2.05) is 0 Å². The Morgan fingerprint density at radius 2 is 1.93 bits per heavy atom. The van der Waals surface area contributed by atoms with E-state index in [0.29, 0.717) is 5.02 Å². The molecule has 0 unspecified atom stereocenters. The average Bonchev–Trinajstić information content (AvgIpc) is 2.89. The molecule has 0 aliphatic carbocycles. The molecule has 0 saturated carbocycles. The first-order valence-corrected chi connectivity index (χ1v) is 8.38. The topological polar surface area (TPSA) is 108 Å². The molecule has 10 heteroatoms. The third kappa shape index (κ3) is 5.04. The highest BCUT2D eigenvalue weighted by atomic mass is 35.5. The molecule has 1 aromatic heterocycles. The van der Waals surface area contributed by atoms with Gasteiger partial charge in [-0.05, 0) is 31.5 Å². The molecule has 9 nitrogen and oxygen atoms in total. The number of rotatable bonds is 7. The van der Waals surface area contributed by atoms with Crippen molar-refractivity contribution in [2.75, 3.05) is 13.7 Å². The smallest absolute Gasteiger partial charge is 0.325 e. The van der Waals surface area contributed by atoms with Gasteiger partial charge < -0.3 is 9.64 Å². The van der Waals surface area contributed by atoms with Gasteiger partial charge in [0.05, 0.1) is 12.0 Å². The summed E-state index contributed by atoms with van der Waals surface area (Å²) in [6.45, 7) is 2.71. The largest absolute Gasteiger partial charge is 0.468 e. The molecule has 0 saturated heterocycles. The molecular weight excluding hydrogens is 376 g/mol. The number of benzene rings is 1. The van der Waals surface area contributed by atoms with Crippen LogP contribution in [0.2, 0.25) is 5.02 Å². The van der Waals surface area contributed by atoms with Gasteiger partial charge >= 0.3 is 11.7 Å². The number of amides is 1. The summed E-state index contributed by atoms with van der Waals surface area (Å²) < 4.78 is 5.92. The SMILES string of the molecule is COC(=O)CN(Cc1ccc(Cl)cc1)C(=O)Cn1nc(C)c([N+](=O)[O-])c1C. The standard InChI is InChI=1S/C17H19ClN4O5/c1-11-17(22(25)26)12(2)21(19-11)9-15(23)20(10-16(24)27-3)8-13-4-6-14(18)7-5-13/h4-7H,8-10H2,1-3H3. The number of aromatic nitrogens is 2. The number of ether oxygens (including phenoxy) is 1. The van der Waals surface area contributed by atoms with Crippen LogP contribution in [0.4, 0.5) is 5.69 Å². The van der Waals surface area contributed by atoms with Crippen molar-refractivity contribution >= 4 is 29.2 Å². The second kappa shape index (κ2) is 8.63. The minimum absolute atomic E-state index is 0.125. The van der Waals surface area contributed by atoms with Crippen LogP contribution in [-0.2, 0) is 27.4 Å². The van der Waals surface area contributed by atoms with E-state index in [1.54, 1.807) is 24.3 Å². The summed E-state index contributed by atoms with van der Waals surface area (Å²) in [5, 5.41) is 15.7. The Kier molecular flexibility index (Phi) is 6.51. The third-order valence-corrected chi connectivity index (χ3v) is 4.25. The van der Waals surface area contributed by atoms with E-state index in [2.05, 4.69) is 9.84 Å². The number of nitrogens with zero attached hydrogens (tertiary/aromatic N) is 4. The molecule has 1 aromatic carbocycles. The first kappa shape index (κ1) is 20.4. The summed E-state index contributed by atoms with van der Waals surface area (Å²) in [7, 11) is 1.23. The Morgan fingerprint density at radius 3 is 2.44 bits per heavy atom. The van der Waals surface area contributed by atoms with E-state index in [1.165, 1.54) is 30.5 Å². The second-order valence-electron chi connectivity index (χ2n) is 5.89. The number of esters is 1. The van der Waals surface area contributed by atoms with Crippen LogP contribution in [-0.4, -0.2) is 45.1 Å². The summed E-state index contributed by atoms with van der Waals surface area (Å²) in [6, 6.07) is 6.85. The van der Waals surface area contributed by atoms with Crippen molar-refractivity contribution in [2.45, 2.75) is 26.9 Å². The van der Waals surface area contributed by atoms with E-state index in [4.69, 9.17) is 11.6 Å². The Labute approximate surface area is 160 Å². The van der Waals surface area contributed by atoms with Crippen LogP contribution in [0.15, 0.2) is 24.3 Å². The molecular formula is C17H19ClN4O5. The summed E-state index contributed by atoms with van der Waals surface area (Å²) in [5.41, 5.74) is 1.15. The highest BCUT2D eigenvalue weighted by Crippen LogP contribution is 2.22. The molecule has 0 fully saturated rings. The van der Waals surface area contributed by atoms with Gasteiger partial charge in [-0.1, -0.05) is 23.7 Å². The van der Waals surface area contributed by atoms with Gasteiger partial charge in [0.2, 0.25) is 5.91 Å². The molecule has 1 amide bonds. The number of hydrogen-bond acceptors (Lipinski definition) is 6. The maximum atomic E-state index is 12.7. The summed E-state index contributed by atoms with van der Waals surface area (Å²) >= 11 is 5.86. The molecule has 0 spiro atoms. The number of aryl methyl sites for hydroxylation is 1. The molecule has 2 aromatic rings. The summed E-state index contributed by atoms with van der Waals surface area (Å²) in [5.74, 6) is -0.993. The van der Waals surface area contributed by atoms with Gasteiger partial charge in [-0.15, -0.1) is 0 Å². The fourth-order valence-electron chi connectivity index (χ4n) is 2.60. The van der Waals surface area contributed by atoms with Gasteiger partial charge in [0.15, 0.2) is 0 Å². The average molecular weight is 395 g/mol. The highest BCUT2D eigenvalue weighted by Gasteiger charge is 2.25. The van der Waals surface area contributed by atoms with Gasteiger partial charge in [-0.3, -0.25) is 24.4 Å². The maximum Gasteiger partial charge on any atom is 0.325 e. The minimum Gasteiger partial charge on any atom is -0.468 e. The van der Waals surface area contributed by atoms with Gasteiger partial charge in [-0.2, -0.15) is 5.10 Å². The van der Waals surface area contributed by atoms with Crippen LogP contribution in [0.1, 0.15) is 17.0 Å². The predicted octanol–water partition coefficient (Wildman–Crippen LogP) is 2.26. The molecule has 1 heterocycles. The van der Waals surface area contributed by atoms with Crippen molar-refractivity contribution in [2.24, 2.45) is 0 Å². The summed E-state index contributed by atoms with van der Waals surface area (Å²) in [6.07, 6.45) is 0. The number of methoxy groups -OCH3 is 1. The van der Waals surface area contributed by atoms with Gasteiger partial charge in [-0.25, -0.2) is 0 Å². The Bertz CT molecular complexity index is 863. The van der Waals surface area contributed by atoms with E-state index in [-0.39, 0.29) is 36.7 Å². The van der Waals surface area contributed by atoms with E-state index < -0.39 is 16.8 Å². The quantitative estimate of drug-likeness (QED) is 0.405. The van der Waals surface area contributed by atoms with Gasteiger partial charge in [0.25, 0.3) is 0 Å². The number of halogens is 1. The third-order valence-electron chi connectivity index (χ3n) is 4.00. The number of carbonyl (C=O) groups is 2. The zero-order valence-corrected chi connectivity index (χ0v) is 15.9. The van der Waals surface area contributed by atoms with Crippen molar-refractivity contribution < 1.29 is 19.2 Å². The van der Waals surface area contributed by atoms with Crippen LogP contribution >= 0.6 is 11.6 Å². The van der Waals surface area contributed by atoms with Crippen LogP contribution < -0.4 is 0 Å². The number of hydrogen-bond donors (Lipinski definition) is 0. The lowest BCUT2D eigenvalue weighted by atomic mass is 10.2. The van der Waals surface area contributed by atoms with Gasteiger partial charge in [0, 0.05) is 11.6 Å². The second-order valence-corrected chi connectivity index (χ2v) is 6.32. The van der Waals surface area contributed by atoms with Crippen LogP contribution in [0.25, 0.3) is 0 Å². The monoisotopic (exact) mass is 394 g/mol. The zero-order chi connectivity index (χ0) is 20.1. The zero-order valence-electron chi connectivity index (χ0n) is 15.1. The van der Waals surface area contributed by atoms with Gasteiger partial charge in [0.1, 0.15) is 24.5 Å². The van der Waals surface area contributed by atoms with Crippen molar-refractivity contribution in [3.8, 4) is 0 Å². The molecule has 0 aliphatic heterocycles. The predicted molar refractivity (Wildman–Crippen MR) is 97.2 cm³/mol. The number of carbonyl (C=O) groups excluding carboxylic acids is 2. The summed E-state index contributed by atoms with van der Waals surface area (Å²) in [4.78, 5) is 36.3. The Balaban J connectivity index is 2.23. The molecule has 2 rings (SSSR count). The van der Waals surface area contributed by atoms with Crippen LogP contribution in [0.3, 0.4) is 0 Å². The Morgan fingerprint density at radius 1 is 1.30 bits per heavy atom. The van der Waals surface area contributed by atoms with Crippen LogP contribution in [0.5, 0.6) is 0 Å². The fraction of sp³-hybridized carbons (Fsp3) is 0.353. The highest BCUT2D eigenvalue weighted by molar-refractivity contribution is 6.30. The maximum absolute atomic E-state index is 12.7. The molecule has 27 heavy (non-hydrogen) atoms.